The van der Waals surface area contributed by atoms with E-state index in [-0.39, 0.29) is 0 Å². The topological polar surface area (TPSA) is 30.7 Å². The number of aryl methyl sites for hydroxylation is 1. The highest BCUT2D eigenvalue weighted by molar-refractivity contribution is 9.10. The summed E-state index contributed by atoms with van der Waals surface area (Å²) in [6, 6.07) is 0. The van der Waals surface area contributed by atoms with Crippen molar-refractivity contribution in [2.75, 3.05) is 0 Å². The van der Waals surface area contributed by atoms with Crippen molar-refractivity contribution >= 4 is 15.9 Å². The third-order valence-electron chi connectivity index (χ3n) is 2.00. The monoisotopic (exact) mass is 245 g/mol. The molecule has 0 spiro atoms. The van der Waals surface area contributed by atoms with Crippen LogP contribution in [0.25, 0.3) is 0 Å². The Kier molecular flexibility index (Phi) is 4.42. The van der Waals surface area contributed by atoms with Crippen LogP contribution in [0.3, 0.4) is 0 Å². The van der Waals surface area contributed by atoms with Gasteiger partial charge in [-0.1, -0.05) is 31.9 Å². The molecule has 0 bridgehead atoms. The highest BCUT2D eigenvalue weighted by Crippen LogP contribution is 2.15. The molecule has 0 aliphatic carbocycles. The largest absolute Gasteiger partial charge is 0.248 e. The van der Waals surface area contributed by atoms with Gasteiger partial charge in [0.2, 0.25) is 0 Å². The molecule has 0 aliphatic heterocycles. The number of nitrogens with zero attached hydrogens (tertiary/aromatic N) is 3. The van der Waals surface area contributed by atoms with Gasteiger partial charge in [0.25, 0.3) is 0 Å². The van der Waals surface area contributed by atoms with E-state index >= 15 is 0 Å². The molecular formula is C9H16BrN3. The summed E-state index contributed by atoms with van der Waals surface area (Å²) in [6.45, 7) is 5.35. The Morgan fingerprint density at radius 1 is 1.31 bits per heavy atom. The van der Waals surface area contributed by atoms with Crippen LogP contribution in [0.2, 0.25) is 0 Å². The predicted molar refractivity (Wildman–Crippen MR) is 56.6 cm³/mol. The van der Waals surface area contributed by atoms with E-state index in [1.165, 1.54) is 18.5 Å². The molecule has 0 atom stereocenters. The molecule has 1 aromatic rings. The third-order valence-corrected chi connectivity index (χ3v) is 2.62. The molecule has 0 aliphatic rings. The van der Waals surface area contributed by atoms with Crippen LogP contribution in [0, 0.1) is 0 Å². The molecule has 0 fully saturated rings. The quantitative estimate of drug-likeness (QED) is 0.799. The summed E-state index contributed by atoms with van der Waals surface area (Å²) in [7, 11) is 0. The van der Waals surface area contributed by atoms with Gasteiger partial charge in [0, 0.05) is 6.54 Å². The molecule has 1 aromatic heterocycles. The molecule has 0 aromatic carbocycles. The first kappa shape index (κ1) is 10.7. The van der Waals surface area contributed by atoms with Crippen LogP contribution in [-0.2, 0) is 13.0 Å². The predicted octanol–water partition coefficient (Wildman–Crippen LogP) is 2.79. The average molecular weight is 246 g/mol. The minimum atomic E-state index is 0.908. The number of hydrogen-bond acceptors (Lipinski definition) is 2. The average Bonchev–Trinajstić information content (AvgIpc) is 2.46. The van der Waals surface area contributed by atoms with Crippen molar-refractivity contribution in [2.24, 2.45) is 0 Å². The Morgan fingerprint density at radius 2 is 2.08 bits per heavy atom. The van der Waals surface area contributed by atoms with Crippen LogP contribution in [0.15, 0.2) is 4.60 Å². The number of rotatable bonds is 5. The maximum Gasteiger partial charge on any atom is 0.151 e. The molecule has 0 unspecified atom stereocenters. The fourth-order valence-electron chi connectivity index (χ4n) is 1.27. The van der Waals surface area contributed by atoms with Crippen LogP contribution in [0.4, 0.5) is 0 Å². The summed E-state index contributed by atoms with van der Waals surface area (Å²) >= 11 is 3.42. The van der Waals surface area contributed by atoms with E-state index in [1.807, 2.05) is 4.68 Å². The molecule has 0 amide bonds. The Morgan fingerprint density at radius 3 is 2.69 bits per heavy atom. The van der Waals surface area contributed by atoms with Gasteiger partial charge in [-0.3, -0.25) is 0 Å². The third kappa shape index (κ3) is 2.79. The van der Waals surface area contributed by atoms with Crippen molar-refractivity contribution in [1.29, 1.82) is 0 Å². The molecule has 0 N–H and O–H groups in total. The molecule has 74 valence electrons. The van der Waals surface area contributed by atoms with Crippen molar-refractivity contribution in [1.82, 2.24) is 15.0 Å². The highest BCUT2D eigenvalue weighted by Gasteiger charge is 2.08. The Hall–Kier alpha value is -0.380. The zero-order valence-corrected chi connectivity index (χ0v) is 9.84. The van der Waals surface area contributed by atoms with Crippen molar-refractivity contribution in [3.63, 3.8) is 0 Å². The lowest BCUT2D eigenvalue weighted by molar-refractivity contribution is 0.530. The van der Waals surface area contributed by atoms with Gasteiger partial charge in [-0.15, -0.1) is 5.10 Å². The molecule has 3 nitrogen and oxygen atoms in total. The Labute approximate surface area is 87.6 Å². The Bertz CT molecular complexity index is 257. The van der Waals surface area contributed by atoms with E-state index in [1.54, 1.807) is 0 Å². The highest BCUT2D eigenvalue weighted by atomic mass is 79.9. The van der Waals surface area contributed by atoms with Gasteiger partial charge in [0.05, 0.1) is 5.69 Å². The molecule has 4 heteroatoms. The lowest BCUT2D eigenvalue weighted by Gasteiger charge is -2.03. The van der Waals surface area contributed by atoms with Crippen molar-refractivity contribution < 1.29 is 0 Å². The van der Waals surface area contributed by atoms with Crippen molar-refractivity contribution in [3.05, 3.63) is 10.3 Å². The minimum absolute atomic E-state index is 0.908. The van der Waals surface area contributed by atoms with Gasteiger partial charge < -0.3 is 0 Å². The summed E-state index contributed by atoms with van der Waals surface area (Å²) in [5.74, 6) is 0. The fraction of sp³-hybridized carbons (Fsp3) is 0.778. The van der Waals surface area contributed by atoms with Crippen molar-refractivity contribution in [2.45, 2.75) is 46.1 Å². The van der Waals surface area contributed by atoms with Gasteiger partial charge >= 0.3 is 0 Å². The summed E-state index contributed by atoms with van der Waals surface area (Å²) < 4.78 is 2.92. The van der Waals surface area contributed by atoms with Crippen LogP contribution >= 0.6 is 15.9 Å². The summed E-state index contributed by atoms with van der Waals surface area (Å²) in [6.07, 6.45) is 4.56. The standard InChI is InChI=1S/C9H16BrN3/c1-3-5-7-13-8(6-4-2)9(10)11-12-13/h3-7H2,1-2H3. The minimum Gasteiger partial charge on any atom is -0.248 e. The van der Waals surface area contributed by atoms with Crippen LogP contribution in [0.5, 0.6) is 0 Å². The van der Waals surface area contributed by atoms with E-state index < -0.39 is 0 Å². The summed E-state index contributed by atoms with van der Waals surface area (Å²) in [5, 5.41) is 8.11. The summed E-state index contributed by atoms with van der Waals surface area (Å²) in [4.78, 5) is 0. The molecule has 0 saturated heterocycles. The molecule has 1 rings (SSSR count). The number of aromatic nitrogens is 3. The van der Waals surface area contributed by atoms with E-state index in [2.05, 4.69) is 40.1 Å². The number of hydrogen-bond donors (Lipinski definition) is 0. The van der Waals surface area contributed by atoms with Gasteiger partial charge in [-0.05, 0) is 28.8 Å². The van der Waals surface area contributed by atoms with Gasteiger partial charge in [0.15, 0.2) is 4.60 Å². The van der Waals surface area contributed by atoms with E-state index in [0.717, 1.165) is 24.0 Å². The number of halogens is 1. The second kappa shape index (κ2) is 5.37. The summed E-state index contributed by atoms with van der Waals surface area (Å²) in [5.41, 5.74) is 1.23. The second-order valence-corrected chi connectivity index (χ2v) is 3.90. The van der Waals surface area contributed by atoms with Crippen LogP contribution in [0.1, 0.15) is 38.8 Å². The van der Waals surface area contributed by atoms with Crippen LogP contribution < -0.4 is 0 Å². The molecule has 1 heterocycles. The number of unbranched alkanes of at least 4 members (excludes halogenated alkanes) is 1. The normalized spacial score (nSPS) is 10.7. The Balaban J connectivity index is 2.68. The maximum atomic E-state index is 4.09. The van der Waals surface area contributed by atoms with Gasteiger partial charge in [-0.2, -0.15) is 0 Å². The first-order valence-electron chi connectivity index (χ1n) is 4.87. The molecular weight excluding hydrogens is 230 g/mol. The second-order valence-electron chi connectivity index (χ2n) is 3.15. The fourth-order valence-corrected chi connectivity index (χ4v) is 1.74. The SMILES string of the molecule is CCCCn1nnc(Br)c1CCC. The first-order chi connectivity index (χ1) is 6.29. The zero-order valence-electron chi connectivity index (χ0n) is 8.26. The maximum absolute atomic E-state index is 4.09. The van der Waals surface area contributed by atoms with E-state index in [0.29, 0.717) is 0 Å². The molecule has 0 saturated carbocycles. The first-order valence-corrected chi connectivity index (χ1v) is 5.66. The van der Waals surface area contributed by atoms with Gasteiger partial charge in [0.1, 0.15) is 0 Å². The lowest BCUT2D eigenvalue weighted by atomic mass is 10.2. The van der Waals surface area contributed by atoms with Gasteiger partial charge in [-0.25, -0.2) is 4.68 Å². The lowest BCUT2D eigenvalue weighted by Crippen LogP contribution is -2.05. The van der Waals surface area contributed by atoms with E-state index in [4.69, 9.17) is 0 Å². The smallest absolute Gasteiger partial charge is 0.151 e. The van der Waals surface area contributed by atoms with Crippen LogP contribution in [-0.4, -0.2) is 15.0 Å². The molecule has 0 radical (unpaired) electrons. The molecule has 13 heavy (non-hydrogen) atoms. The zero-order chi connectivity index (χ0) is 9.68. The van der Waals surface area contributed by atoms with E-state index in [9.17, 15) is 0 Å². The van der Waals surface area contributed by atoms with Crippen molar-refractivity contribution in [3.8, 4) is 0 Å².